The fourth-order valence-corrected chi connectivity index (χ4v) is 5.03. The lowest BCUT2D eigenvalue weighted by Crippen LogP contribution is -2.37. The summed E-state index contributed by atoms with van der Waals surface area (Å²) >= 11 is 3.40. The monoisotopic (exact) mass is 299 g/mol. The minimum absolute atomic E-state index is 0.444. The largest absolute Gasteiger partial charge is 0.330 e. The van der Waals surface area contributed by atoms with E-state index in [1.54, 1.807) is 6.33 Å². The maximum atomic E-state index is 5.96. The zero-order valence-electron chi connectivity index (χ0n) is 12.1. The van der Waals surface area contributed by atoms with Gasteiger partial charge >= 0.3 is 0 Å². The fourth-order valence-electron chi connectivity index (χ4n) is 2.95. The van der Waals surface area contributed by atoms with E-state index in [1.165, 1.54) is 37.2 Å². The maximum Gasteiger partial charge on any atom is 0.170 e. The lowest BCUT2D eigenvalue weighted by molar-refractivity contribution is 0.134. The average molecular weight is 300 g/mol. The molecule has 1 fully saturated rings. The number of rotatable bonds is 5. The third kappa shape index (κ3) is 3.70. The van der Waals surface area contributed by atoms with E-state index in [-0.39, 0.29) is 0 Å². The summed E-state index contributed by atoms with van der Waals surface area (Å²) in [6, 6.07) is 0. The third-order valence-corrected chi connectivity index (χ3v) is 7.00. The van der Waals surface area contributed by atoms with Crippen molar-refractivity contribution in [3.8, 4) is 0 Å². The molecule has 0 radical (unpaired) electrons. The molecule has 0 aliphatic heterocycles. The van der Waals surface area contributed by atoms with Gasteiger partial charge in [-0.3, -0.25) is 0 Å². The first-order chi connectivity index (χ1) is 9.06. The molecule has 1 aliphatic rings. The topological polar surface area (TPSA) is 51.8 Å². The summed E-state index contributed by atoms with van der Waals surface area (Å²) in [6.45, 7) is 7.93. The van der Waals surface area contributed by atoms with Crippen LogP contribution in [0.3, 0.4) is 0 Å². The molecule has 1 heterocycles. The van der Waals surface area contributed by atoms with Gasteiger partial charge in [0.2, 0.25) is 0 Å². The highest BCUT2D eigenvalue weighted by Gasteiger charge is 2.37. The van der Waals surface area contributed by atoms with E-state index < -0.39 is 0 Å². The van der Waals surface area contributed by atoms with Gasteiger partial charge in [-0.1, -0.05) is 39.0 Å². The predicted octanol–water partition coefficient (Wildman–Crippen LogP) is 3.81. The van der Waals surface area contributed by atoms with Crippen LogP contribution in [-0.2, 0) is 0 Å². The molecule has 0 aromatic carbocycles. The van der Waals surface area contributed by atoms with Crippen molar-refractivity contribution >= 4 is 23.3 Å². The highest BCUT2D eigenvalue weighted by atomic mass is 32.2. The van der Waals surface area contributed by atoms with E-state index in [4.69, 9.17) is 5.73 Å². The van der Waals surface area contributed by atoms with E-state index in [0.29, 0.717) is 16.6 Å². The highest BCUT2D eigenvalue weighted by molar-refractivity contribution is 8.01. The van der Waals surface area contributed by atoms with Crippen LogP contribution in [0.4, 0.5) is 0 Å². The molecule has 3 nitrogen and oxygen atoms in total. The number of thioether (sulfide) groups is 1. The summed E-state index contributed by atoms with van der Waals surface area (Å²) in [7, 11) is 0. The van der Waals surface area contributed by atoms with Crippen molar-refractivity contribution < 1.29 is 0 Å². The fraction of sp³-hybridized carbons (Fsp3) is 0.857. The Morgan fingerprint density at radius 1 is 1.47 bits per heavy atom. The number of hydrogen-bond donors (Lipinski definition) is 1. The van der Waals surface area contributed by atoms with Crippen LogP contribution in [0.1, 0.15) is 46.5 Å². The summed E-state index contributed by atoms with van der Waals surface area (Å²) in [5.41, 5.74) is 6.41. The summed E-state index contributed by atoms with van der Waals surface area (Å²) in [4.78, 5) is 4.32. The van der Waals surface area contributed by atoms with Gasteiger partial charge < -0.3 is 5.73 Å². The van der Waals surface area contributed by atoms with Crippen LogP contribution in [0.5, 0.6) is 0 Å². The van der Waals surface area contributed by atoms with Gasteiger partial charge in [0, 0.05) is 5.25 Å². The number of nitrogens with zero attached hydrogens (tertiary/aromatic N) is 2. The van der Waals surface area contributed by atoms with Crippen molar-refractivity contribution in [2.45, 2.75) is 56.0 Å². The van der Waals surface area contributed by atoms with Crippen LogP contribution in [0.15, 0.2) is 10.7 Å². The lowest BCUT2D eigenvalue weighted by Gasteiger charge is -2.42. The van der Waals surface area contributed by atoms with Crippen LogP contribution in [0.25, 0.3) is 0 Å². The molecule has 2 rings (SSSR count). The molecule has 0 spiro atoms. The Kier molecular flexibility index (Phi) is 5.26. The zero-order chi connectivity index (χ0) is 13.9. The van der Waals surface area contributed by atoms with Gasteiger partial charge in [0.05, 0.1) is 0 Å². The molecule has 0 amide bonds. The molecule has 108 valence electrons. The van der Waals surface area contributed by atoms with E-state index in [1.807, 2.05) is 11.8 Å². The molecule has 2 N–H and O–H groups in total. The first kappa shape index (κ1) is 15.3. The molecular formula is C14H25N3S2. The Morgan fingerprint density at radius 2 is 2.26 bits per heavy atom. The van der Waals surface area contributed by atoms with E-state index in [2.05, 4.69) is 30.1 Å². The van der Waals surface area contributed by atoms with Crippen molar-refractivity contribution in [2.24, 2.45) is 23.0 Å². The maximum absolute atomic E-state index is 5.96. The van der Waals surface area contributed by atoms with Crippen molar-refractivity contribution in [3.05, 3.63) is 6.33 Å². The Bertz CT molecular complexity index is 378. The van der Waals surface area contributed by atoms with Gasteiger partial charge in [-0.2, -0.15) is 4.37 Å². The van der Waals surface area contributed by atoms with Gasteiger partial charge in [0.25, 0.3) is 0 Å². The van der Waals surface area contributed by atoms with Gasteiger partial charge in [0.1, 0.15) is 6.33 Å². The molecule has 0 saturated heterocycles. The summed E-state index contributed by atoms with van der Waals surface area (Å²) in [6.07, 6.45) is 6.77. The second-order valence-electron chi connectivity index (χ2n) is 6.21. The van der Waals surface area contributed by atoms with E-state index in [0.717, 1.165) is 16.8 Å². The van der Waals surface area contributed by atoms with E-state index >= 15 is 0 Å². The van der Waals surface area contributed by atoms with E-state index in [9.17, 15) is 0 Å². The Balaban J connectivity index is 2.04. The van der Waals surface area contributed by atoms with Gasteiger partial charge in [-0.25, -0.2) is 4.98 Å². The lowest BCUT2D eigenvalue weighted by atomic mass is 9.67. The molecule has 3 unspecified atom stereocenters. The quantitative estimate of drug-likeness (QED) is 0.898. The van der Waals surface area contributed by atoms with Crippen molar-refractivity contribution in [1.29, 1.82) is 0 Å². The normalized spacial score (nSPS) is 28.5. The van der Waals surface area contributed by atoms with Crippen LogP contribution in [-0.4, -0.2) is 21.2 Å². The highest BCUT2D eigenvalue weighted by Crippen LogP contribution is 2.46. The molecule has 19 heavy (non-hydrogen) atoms. The molecule has 0 bridgehead atoms. The van der Waals surface area contributed by atoms with Crippen molar-refractivity contribution in [3.63, 3.8) is 0 Å². The molecule has 5 heteroatoms. The van der Waals surface area contributed by atoms with Gasteiger partial charge in [-0.15, -0.1) is 0 Å². The first-order valence-electron chi connectivity index (χ1n) is 7.20. The van der Waals surface area contributed by atoms with Gasteiger partial charge in [-0.05, 0) is 54.6 Å². The molecule has 1 aromatic heterocycles. The minimum Gasteiger partial charge on any atom is -0.330 e. The first-order valence-corrected chi connectivity index (χ1v) is 8.85. The van der Waals surface area contributed by atoms with Gasteiger partial charge in [0.15, 0.2) is 4.34 Å². The number of nitrogens with two attached hydrogens (primary N) is 1. The summed E-state index contributed by atoms with van der Waals surface area (Å²) < 4.78 is 5.20. The average Bonchev–Trinajstić information content (AvgIpc) is 2.91. The molecule has 1 saturated carbocycles. The van der Waals surface area contributed by atoms with Crippen LogP contribution >= 0.6 is 23.3 Å². The Morgan fingerprint density at radius 3 is 2.84 bits per heavy atom. The second kappa shape index (κ2) is 6.55. The summed E-state index contributed by atoms with van der Waals surface area (Å²) in [5.74, 6) is 1.45. The number of aromatic nitrogens is 2. The van der Waals surface area contributed by atoms with Crippen LogP contribution < -0.4 is 5.73 Å². The molecule has 1 aliphatic carbocycles. The molecular weight excluding hydrogens is 274 g/mol. The standard InChI is InChI=1S/C14H25N3S2/c1-4-14(2,3)11-6-5-10(8-15)12(7-11)18-13-16-9-17-19-13/h9-12H,4-8,15H2,1-3H3. The molecule has 3 atom stereocenters. The smallest absolute Gasteiger partial charge is 0.170 e. The zero-order valence-corrected chi connectivity index (χ0v) is 13.8. The summed E-state index contributed by atoms with van der Waals surface area (Å²) in [5, 5.41) is 0.613. The Hall–Kier alpha value is -0.130. The van der Waals surface area contributed by atoms with Crippen LogP contribution in [0, 0.1) is 17.3 Å². The number of hydrogen-bond acceptors (Lipinski definition) is 5. The van der Waals surface area contributed by atoms with Crippen molar-refractivity contribution in [2.75, 3.05) is 6.54 Å². The second-order valence-corrected chi connectivity index (χ2v) is 8.48. The SMILES string of the molecule is CCC(C)(C)C1CCC(CN)C(Sc2ncns2)C1. The van der Waals surface area contributed by atoms with Crippen molar-refractivity contribution in [1.82, 2.24) is 9.36 Å². The molecule has 1 aromatic rings. The van der Waals surface area contributed by atoms with Crippen LogP contribution in [0.2, 0.25) is 0 Å². The third-order valence-electron chi connectivity index (χ3n) is 4.84. The minimum atomic E-state index is 0.444. The Labute approximate surface area is 124 Å². The predicted molar refractivity (Wildman–Crippen MR) is 83.5 cm³/mol.